The number of aromatic nitrogens is 4. The molecule has 9 heteroatoms. The second kappa shape index (κ2) is 8.07. The summed E-state index contributed by atoms with van der Waals surface area (Å²) in [4.78, 5) is 17.5. The summed E-state index contributed by atoms with van der Waals surface area (Å²) >= 11 is 0. The normalized spacial score (nSPS) is 15.7. The van der Waals surface area contributed by atoms with Crippen LogP contribution < -0.4 is 10.6 Å². The summed E-state index contributed by atoms with van der Waals surface area (Å²) in [5, 5.41) is 10.7. The summed E-state index contributed by atoms with van der Waals surface area (Å²) in [5.74, 6) is -0.0242. The summed E-state index contributed by atoms with van der Waals surface area (Å²) in [5.41, 5.74) is 1.93. The minimum Gasteiger partial charge on any atom is -0.323 e. The number of hydrogen-bond donors (Lipinski definition) is 2. The largest absolute Gasteiger partial charge is 0.323 e. The van der Waals surface area contributed by atoms with Crippen LogP contribution in [0.4, 0.5) is 5.69 Å². The second-order valence-corrected chi connectivity index (χ2v) is 6.25. The summed E-state index contributed by atoms with van der Waals surface area (Å²) in [6.45, 7) is 3.55. The monoisotopic (exact) mass is 396 g/mol. The van der Waals surface area contributed by atoms with E-state index in [4.69, 9.17) is 0 Å². The highest BCUT2D eigenvalue weighted by Crippen LogP contribution is 2.28. The van der Waals surface area contributed by atoms with Crippen molar-refractivity contribution in [1.82, 2.24) is 24.5 Å². The molecule has 4 rings (SSSR count). The first-order valence-corrected chi connectivity index (χ1v) is 8.15. The van der Waals surface area contributed by atoms with Crippen molar-refractivity contribution in [3.63, 3.8) is 0 Å². The highest BCUT2D eigenvalue weighted by molar-refractivity contribution is 5.96. The van der Waals surface area contributed by atoms with Gasteiger partial charge in [-0.05, 0) is 51.1 Å². The number of rotatable bonds is 3. The molecule has 0 bridgehead atoms. The third kappa shape index (κ3) is 3.56. The Labute approximate surface area is 164 Å². The number of carbonyl (C=O) groups is 1. The summed E-state index contributed by atoms with van der Waals surface area (Å²) in [6.07, 6.45) is 8.86. The van der Waals surface area contributed by atoms with Gasteiger partial charge in [-0.1, -0.05) is 0 Å². The van der Waals surface area contributed by atoms with Crippen LogP contribution in [0.25, 0.3) is 5.65 Å². The zero-order chi connectivity index (χ0) is 16.6. The SMILES string of the molecule is Cc1cn2cc(NC(=O)C3(n4cccn4)CCNCC3)ccc2n1.Cl.Cl. The molecule has 1 fully saturated rings. The van der Waals surface area contributed by atoms with Gasteiger partial charge in [0.2, 0.25) is 0 Å². The Bertz CT molecular complexity index is 871. The molecule has 7 nitrogen and oxygen atoms in total. The van der Waals surface area contributed by atoms with Crippen molar-refractivity contribution >= 4 is 42.1 Å². The number of anilines is 1. The second-order valence-electron chi connectivity index (χ2n) is 6.25. The van der Waals surface area contributed by atoms with Crippen LogP contribution in [-0.2, 0) is 10.3 Å². The van der Waals surface area contributed by atoms with Crippen molar-refractivity contribution in [2.75, 3.05) is 18.4 Å². The molecule has 4 heterocycles. The predicted molar refractivity (Wildman–Crippen MR) is 105 cm³/mol. The van der Waals surface area contributed by atoms with Gasteiger partial charge in [0, 0.05) is 24.8 Å². The van der Waals surface area contributed by atoms with Crippen LogP contribution in [0, 0.1) is 6.92 Å². The molecule has 3 aromatic rings. The number of nitrogens with zero attached hydrogens (tertiary/aromatic N) is 4. The minimum absolute atomic E-state index is 0. The van der Waals surface area contributed by atoms with Gasteiger partial charge in [-0.15, -0.1) is 24.8 Å². The number of fused-ring (bicyclic) bond motifs is 1. The van der Waals surface area contributed by atoms with Crippen LogP contribution in [0.5, 0.6) is 0 Å². The fraction of sp³-hybridized carbons (Fsp3) is 0.353. The number of carbonyl (C=O) groups excluding carboxylic acids is 1. The van der Waals surface area contributed by atoms with Crippen LogP contribution in [-0.4, -0.2) is 38.2 Å². The number of piperidine rings is 1. The lowest BCUT2D eigenvalue weighted by atomic mass is 9.87. The molecule has 140 valence electrons. The van der Waals surface area contributed by atoms with E-state index in [9.17, 15) is 4.79 Å². The molecule has 0 radical (unpaired) electrons. The number of imidazole rings is 1. The highest BCUT2D eigenvalue weighted by Gasteiger charge is 2.42. The molecule has 26 heavy (non-hydrogen) atoms. The molecule has 0 saturated carbocycles. The summed E-state index contributed by atoms with van der Waals surface area (Å²) < 4.78 is 3.72. The fourth-order valence-electron chi connectivity index (χ4n) is 3.36. The van der Waals surface area contributed by atoms with E-state index < -0.39 is 5.54 Å². The van der Waals surface area contributed by atoms with Gasteiger partial charge in [-0.25, -0.2) is 4.98 Å². The fourth-order valence-corrected chi connectivity index (χ4v) is 3.36. The van der Waals surface area contributed by atoms with Crippen LogP contribution >= 0.6 is 24.8 Å². The van der Waals surface area contributed by atoms with Gasteiger partial charge < -0.3 is 15.0 Å². The number of halogens is 2. The first kappa shape index (κ1) is 20.2. The molecule has 0 unspecified atom stereocenters. The summed E-state index contributed by atoms with van der Waals surface area (Å²) in [6, 6.07) is 5.65. The van der Waals surface area contributed by atoms with E-state index in [0.717, 1.165) is 30.1 Å². The van der Waals surface area contributed by atoms with Crippen LogP contribution in [0.1, 0.15) is 18.5 Å². The smallest absolute Gasteiger partial charge is 0.252 e. The Morgan fingerprint density at radius 3 is 2.69 bits per heavy atom. The average molecular weight is 397 g/mol. The Balaban J connectivity index is 0.00000121. The van der Waals surface area contributed by atoms with E-state index >= 15 is 0 Å². The molecule has 1 aliphatic heterocycles. The quantitative estimate of drug-likeness (QED) is 0.712. The van der Waals surface area contributed by atoms with Gasteiger partial charge in [0.1, 0.15) is 11.2 Å². The van der Waals surface area contributed by atoms with Crippen LogP contribution in [0.15, 0.2) is 43.0 Å². The molecule has 1 amide bonds. The number of nitrogens with one attached hydrogen (secondary N) is 2. The van der Waals surface area contributed by atoms with Crippen molar-refractivity contribution in [2.45, 2.75) is 25.3 Å². The first-order valence-electron chi connectivity index (χ1n) is 8.15. The third-order valence-corrected chi connectivity index (χ3v) is 4.63. The van der Waals surface area contributed by atoms with Gasteiger partial charge in [0.05, 0.1) is 11.4 Å². The molecule has 3 aromatic heterocycles. The number of pyridine rings is 1. The van der Waals surface area contributed by atoms with E-state index in [1.807, 2.05) is 48.1 Å². The number of hydrogen-bond acceptors (Lipinski definition) is 4. The van der Waals surface area contributed by atoms with E-state index in [0.29, 0.717) is 12.8 Å². The van der Waals surface area contributed by atoms with Crippen molar-refractivity contribution in [3.05, 3.63) is 48.7 Å². The molecule has 0 aliphatic carbocycles. The standard InChI is InChI=1S/C17H20N6O.2ClH/c1-13-11-22-12-14(3-4-15(22)20-13)21-16(24)17(5-8-18-9-6-17)23-10-2-7-19-23;;/h2-4,7,10-12,18H,5-6,8-9H2,1H3,(H,21,24);2*1H. The van der Waals surface area contributed by atoms with Crippen molar-refractivity contribution in [1.29, 1.82) is 0 Å². The molecule has 1 saturated heterocycles. The third-order valence-electron chi connectivity index (χ3n) is 4.63. The van der Waals surface area contributed by atoms with E-state index in [-0.39, 0.29) is 30.7 Å². The predicted octanol–water partition coefficient (Wildman–Crippen LogP) is 2.40. The van der Waals surface area contributed by atoms with E-state index in [2.05, 4.69) is 20.7 Å². The van der Waals surface area contributed by atoms with Crippen LogP contribution in [0.3, 0.4) is 0 Å². The highest BCUT2D eigenvalue weighted by atomic mass is 35.5. The maximum Gasteiger partial charge on any atom is 0.252 e. The maximum absolute atomic E-state index is 13.1. The molecule has 0 aromatic carbocycles. The lowest BCUT2D eigenvalue weighted by Crippen LogP contribution is -2.52. The lowest BCUT2D eigenvalue weighted by Gasteiger charge is -2.36. The lowest BCUT2D eigenvalue weighted by molar-refractivity contribution is -0.126. The topological polar surface area (TPSA) is 76.2 Å². The molecule has 0 atom stereocenters. The Morgan fingerprint density at radius 1 is 1.23 bits per heavy atom. The van der Waals surface area contributed by atoms with Gasteiger partial charge in [0.15, 0.2) is 0 Å². The molecule has 2 N–H and O–H groups in total. The Kier molecular flexibility index (Phi) is 6.28. The summed E-state index contributed by atoms with van der Waals surface area (Å²) in [7, 11) is 0. The van der Waals surface area contributed by atoms with E-state index in [1.165, 1.54) is 0 Å². The first-order chi connectivity index (χ1) is 11.7. The Hall–Kier alpha value is -2.09. The average Bonchev–Trinajstić information content (AvgIpc) is 3.24. The van der Waals surface area contributed by atoms with Crippen molar-refractivity contribution in [3.8, 4) is 0 Å². The molecular weight excluding hydrogens is 375 g/mol. The zero-order valence-electron chi connectivity index (χ0n) is 14.4. The number of aryl methyl sites for hydroxylation is 1. The van der Waals surface area contributed by atoms with E-state index in [1.54, 1.807) is 10.9 Å². The van der Waals surface area contributed by atoms with Gasteiger partial charge in [-0.2, -0.15) is 5.10 Å². The van der Waals surface area contributed by atoms with Crippen molar-refractivity contribution in [2.24, 2.45) is 0 Å². The van der Waals surface area contributed by atoms with Gasteiger partial charge in [0.25, 0.3) is 5.91 Å². The van der Waals surface area contributed by atoms with Gasteiger partial charge in [-0.3, -0.25) is 9.48 Å². The van der Waals surface area contributed by atoms with Crippen LogP contribution in [0.2, 0.25) is 0 Å². The molecular formula is C17H22Cl2N6O. The molecule has 1 aliphatic rings. The maximum atomic E-state index is 13.1. The Morgan fingerprint density at radius 2 is 2.00 bits per heavy atom. The molecule has 0 spiro atoms. The number of amides is 1. The van der Waals surface area contributed by atoms with Gasteiger partial charge >= 0.3 is 0 Å². The zero-order valence-corrected chi connectivity index (χ0v) is 16.0. The van der Waals surface area contributed by atoms with Crippen molar-refractivity contribution < 1.29 is 4.79 Å². The minimum atomic E-state index is -0.644.